The van der Waals surface area contributed by atoms with Crippen LogP contribution in [0.1, 0.15) is 52.9 Å². The first-order valence-corrected chi connectivity index (χ1v) is 8.14. The van der Waals surface area contributed by atoms with E-state index in [1.54, 1.807) is 0 Å². The molecule has 0 aromatic carbocycles. The lowest BCUT2D eigenvalue weighted by molar-refractivity contribution is -0.151. The Morgan fingerprint density at radius 1 is 1.25 bits per heavy atom. The lowest BCUT2D eigenvalue weighted by atomic mass is 9.88. The van der Waals surface area contributed by atoms with E-state index in [-0.39, 0.29) is 5.97 Å². The number of hydrogen-bond donors (Lipinski definition) is 1. The number of carbonyl (C=O) groups is 1. The van der Waals surface area contributed by atoms with E-state index in [0.717, 1.165) is 25.9 Å². The molecule has 1 N–H and O–H groups in total. The Kier molecular flexibility index (Phi) is 5.08. The van der Waals surface area contributed by atoms with Crippen LogP contribution in [0.3, 0.4) is 0 Å². The fraction of sp³-hybridized carbons (Fsp3) is 0.938. The van der Waals surface area contributed by atoms with Crippen molar-refractivity contribution in [2.24, 2.45) is 5.92 Å². The average molecular weight is 282 g/mol. The summed E-state index contributed by atoms with van der Waals surface area (Å²) in [5.41, 5.74) is -0.497. The van der Waals surface area contributed by atoms with Crippen LogP contribution in [0.15, 0.2) is 0 Å². The van der Waals surface area contributed by atoms with Gasteiger partial charge in [0.2, 0.25) is 0 Å². The number of ether oxygens (including phenoxy) is 1. The molecule has 2 rings (SSSR count). The molecule has 1 heterocycles. The van der Waals surface area contributed by atoms with Gasteiger partial charge in [0, 0.05) is 18.6 Å². The molecule has 116 valence electrons. The number of esters is 1. The number of likely N-dealkylation sites (tertiary alicyclic amines) is 1. The van der Waals surface area contributed by atoms with Crippen LogP contribution in [0.4, 0.5) is 0 Å². The summed E-state index contributed by atoms with van der Waals surface area (Å²) >= 11 is 0. The van der Waals surface area contributed by atoms with E-state index >= 15 is 0 Å². The third-order valence-corrected chi connectivity index (χ3v) is 5.12. The predicted octanol–water partition coefficient (Wildman–Crippen LogP) is 2.18. The van der Waals surface area contributed by atoms with Crippen molar-refractivity contribution in [3.05, 3.63) is 0 Å². The molecule has 4 nitrogen and oxygen atoms in total. The Hall–Kier alpha value is -0.610. The summed E-state index contributed by atoms with van der Waals surface area (Å²) in [5, 5.41) is 3.48. The summed E-state index contributed by atoms with van der Waals surface area (Å²) in [4.78, 5) is 15.0. The molecule has 1 saturated carbocycles. The molecule has 0 amide bonds. The first-order valence-electron chi connectivity index (χ1n) is 8.14. The van der Waals surface area contributed by atoms with Crippen LogP contribution in [0.2, 0.25) is 0 Å². The first-order chi connectivity index (χ1) is 9.55. The second-order valence-electron chi connectivity index (χ2n) is 6.57. The highest BCUT2D eigenvalue weighted by Gasteiger charge is 2.53. The fourth-order valence-electron chi connectivity index (χ4n) is 3.78. The molecule has 3 atom stereocenters. The van der Waals surface area contributed by atoms with Crippen molar-refractivity contribution in [1.82, 2.24) is 10.2 Å². The summed E-state index contributed by atoms with van der Waals surface area (Å²) in [5.74, 6) is 0.364. The summed E-state index contributed by atoms with van der Waals surface area (Å²) < 4.78 is 5.15. The van der Waals surface area contributed by atoms with Crippen LogP contribution in [0.5, 0.6) is 0 Å². The molecule has 4 heteroatoms. The van der Waals surface area contributed by atoms with Crippen molar-refractivity contribution in [2.75, 3.05) is 20.2 Å². The zero-order valence-electron chi connectivity index (χ0n) is 13.4. The van der Waals surface area contributed by atoms with E-state index in [9.17, 15) is 4.79 Å². The van der Waals surface area contributed by atoms with E-state index in [0.29, 0.717) is 18.0 Å². The third-order valence-electron chi connectivity index (χ3n) is 5.12. The van der Waals surface area contributed by atoms with Crippen molar-refractivity contribution in [3.8, 4) is 0 Å². The molecule has 0 bridgehead atoms. The summed E-state index contributed by atoms with van der Waals surface area (Å²) in [7, 11) is 1.51. The number of rotatable bonds is 6. The molecule has 3 unspecified atom stereocenters. The Bertz CT molecular complexity index is 333. The van der Waals surface area contributed by atoms with Crippen LogP contribution in [-0.2, 0) is 9.53 Å². The molecule has 0 radical (unpaired) electrons. The van der Waals surface area contributed by atoms with Crippen LogP contribution >= 0.6 is 0 Å². The van der Waals surface area contributed by atoms with Crippen LogP contribution in [0, 0.1) is 5.92 Å². The molecule has 20 heavy (non-hydrogen) atoms. The summed E-state index contributed by atoms with van der Waals surface area (Å²) in [6, 6.07) is 1.11. The molecule has 0 aromatic heterocycles. The monoisotopic (exact) mass is 282 g/mol. The van der Waals surface area contributed by atoms with Gasteiger partial charge in [-0.2, -0.15) is 0 Å². The van der Waals surface area contributed by atoms with Gasteiger partial charge in [-0.1, -0.05) is 13.3 Å². The Balaban J connectivity index is 2.19. The maximum absolute atomic E-state index is 12.5. The maximum Gasteiger partial charge on any atom is 0.327 e. The molecule has 0 spiro atoms. The molecular formula is C16H30N2O2. The largest absolute Gasteiger partial charge is 0.468 e. The molecule has 1 saturated heterocycles. The Labute approximate surface area is 123 Å². The Morgan fingerprint density at radius 3 is 2.30 bits per heavy atom. The number of carbonyl (C=O) groups excluding carboxylic acids is 1. The SMILES string of the molecule is CCNC(CN1C(C)CCCC1C)(C(=O)OC)C1CC1. The van der Waals surface area contributed by atoms with Gasteiger partial charge in [-0.05, 0) is 52.0 Å². The first kappa shape index (κ1) is 15.8. The lowest BCUT2D eigenvalue weighted by Crippen LogP contribution is -2.63. The predicted molar refractivity (Wildman–Crippen MR) is 80.6 cm³/mol. The zero-order chi connectivity index (χ0) is 14.8. The van der Waals surface area contributed by atoms with E-state index in [1.165, 1.54) is 26.4 Å². The summed E-state index contributed by atoms with van der Waals surface area (Å²) in [6.07, 6.45) is 6.04. The zero-order valence-corrected chi connectivity index (χ0v) is 13.4. The molecule has 1 aliphatic carbocycles. The maximum atomic E-state index is 12.5. The summed E-state index contributed by atoms with van der Waals surface area (Å²) in [6.45, 7) is 8.25. The fourth-order valence-corrected chi connectivity index (χ4v) is 3.78. The van der Waals surface area contributed by atoms with Crippen molar-refractivity contribution in [1.29, 1.82) is 0 Å². The number of nitrogens with zero attached hydrogens (tertiary/aromatic N) is 1. The number of methoxy groups -OCH3 is 1. The van der Waals surface area contributed by atoms with Gasteiger partial charge in [-0.15, -0.1) is 0 Å². The van der Waals surface area contributed by atoms with E-state index < -0.39 is 5.54 Å². The van der Waals surface area contributed by atoms with Gasteiger partial charge < -0.3 is 10.1 Å². The van der Waals surface area contributed by atoms with Gasteiger partial charge >= 0.3 is 5.97 Å². The topological polar surface area (TPSA) is 41.6 Å². The van der Waals surface area contributed by atoms with E-state index in [2.05, 4.69) is 31.0 Å². The van der Waals surface area contributed by atoms with E-state index in [4.69, 9.17) is 4.74 Å². The third kappa shape index (κ3) is 3.01. The lowest BCUT2D eigenvalue weighted by Gasteiger charge is -2.45. The molecule has 0 aromatic rings. The minimum atomic E-state index is -0.497. The number of piperidine rings is 1. The van der Waals surface area contributed by atoms with Crippen LogP contribution in [0.25, 0.3) is 0 Å². The second-order valence-corrected chi connectivity index (χ2v) is 6.57. The van der Waals surface area contributed by atoms with Gasteiger partial charge in [0.1, 0.15) is 5.54 Å². The highest BCUT2D eigenvalue weighted by atomic mass is 16.5. The highest BCUT2D eigenvalue weighted by Crippen LogP contribution is 2.42. The molecular weight excluding hydrogens is 252 g/mol. The van der Waals surface area contributed by atoms with Crippen LogP contribution < -0.4 is 5.32 Å². The normalized spacial score (nSPS) is 30.8. The molecule has 2 fully saturated rings. The van der Waals surface area contributed by atoms with Gasteiger partial charge in [0.05, 0.1) is 7.11 Å². The number of nitrogens with one attached hydrogen (secondary N) is 1. The van der Waals surface area contributed by atoms with Gasteiger partial charge in [0.15, 0.2) is 0 Å². The van der Waals surface area contributed by atoms with Crippen molar-refractivity contribution >= 4 is 5.97 Å². The number of hydrogen-bond acceptors (Lipinski definition) is 4. The van der Waals surface area contributed by atoms with E-state index in [1.807, 2.05) is 0 Å². The molecule has 1 aliphatic heterocycles. The quantitative estimate of drug-likeness (QED) is 0.758. The minimum Gasteiger partial charge on any atom is -0.468 e. The number of likely N-dealkylation sites (N-methyl/N-ethyl adjacent to an activating group) is 1. The smallest absolute Gasteiger partial charge is 0.327 e. The van der Waals surface area contributed by atoms with Gasteiger partial charge in [-0.25, -0.2) is 4.79 Å². The van der Waals surface area contributed by atoms with Gasteiger partial charge in [-0.3, -0.25) is 4.90 Å². The highest BCUT2D eigenvalue weighted by molar-refractivity contribution is 5.82. The van der Waals surface area contributed by atoms with Crippen molar-refractivity contribution in [2.45, 2.75) is 70.5 Å². The molecule has 2 aliphatic rings. The van der Waals surface area contributed by atoms with Gasteiger partial charge in [0.25, 0.3) is 0 Å². The van der Waals surface area contributed by atoms with Crippen molar-refractivity contribution in [3.63, 3.8) is 0 Å². The van der Waals surface area contributed by atoms with Crippen molar-refractivity contribution < 1.29 is 9.53 Å². The van der Waals surface area contributed by atoms with Crippen LogP contribution in [-0.4, -0.2) is 48.7 Å². The standard InChI is InChI=1S/C16H30N2O2/c1-5-17-16(14-9-10-14,15(19)20-4)11-18-12(2)7-6-8-13(18)3/h12-14,17H,5-11H2,1-4H3. The second kappa shape index (κ2) is 6.44. The average Bonchev–Trinajstić information content (AvgIpc) is 3.26. The Morgan fingerprint density at radius 2 is 1.85 bits per heavy atom. The minimum absolute atomic E-state index is 0.0770.